The minimum atomic E-state index is -1.10. The van der Waals surface area contributed by atoms with Crippen LogP contribution in [0.1, 0.15) is 103 Å². The van der Waals surface area contributed by atoms with Gasteiger partial charge >= 0.3 is 11.9 Å². The number of rotatable bonds is 20. The topological polar surface area (TPSA) is 127 Å². The van der Waals surface area contributed by atoms with Crippen molar-refractivity contribution in [1.29, 1.82) is 0 Å². The molecule has 0 heterocycles. The Labute approximate surface area is 185 Å². The first kappa shape index (κ1) is 30.9. The fraction of sp³-hybridized carbons (Fsp3) is 0.864. The summed E-state index contributed by atoms with van der Waals surface area (Å²) in [5.74, 6) is -1.48. The quantitative estimate of drug-likeness (QED) is 0.143. The number of hydrogen-bond donors (Lipinski definition) is 3. The molecule has 0 bridgehead atoms. The monoisotopic (exact) mass is 449 g/mol. The van der Waals surface area contributed by atoms with Gasteiger partial charge in [-0.3, -0.25) is 9.59 Å². The van der Waals surface area contributed by atoms with Crippen LogP contribution in [0.15, 0.2) is 0 Å². The van der Waals surface area contributed by atoms with Crippen LogP contribution in [0.3, 0.4) is 0 Å². The Morgan fingerprint density at radius 1 is 0.900 bits per heavy atom. The zero-order valence-corrected chi connectivity index (χ0v) is 19.7. The second-order valence-electron chi connectivity index (χ2n) is 7.63. The number of carboxylic acid groups (broad SMARTS) is 2. The maximum atomic E-state index is 10.6. The van der Waals surface area contributed by atoms with E-state index in [9.17, 15) is 18.9 Å². The van der Waals surface area contributed by atoms with Gasteiger partial charge in [-0.25, -0.2) is 4.79 Å². The lowest BCUT2D eigenvalue weighted by molar-refractivity contribution is -0.140. The molecule has 2 unspecified atom stereocenters. The van der Waals surface area contributed by atoms with Crippen LogP contribution in [-0.4, -0.2) is 51.2 Å². The van der Waals surface area contributed by atoms with Gasteiger partial charge in [-0.1, -0.05) is 95.1 Å². The number of carbonyl (C=O) groups excluding carboxylic acids is 1. The second-order valence-corrected chi connectivity index (χ2v) is 9.18. The SMILES string of the molecule is CCCCCCCCCCCCCCCC(=O)O.C[S+]([O-])CCC(NC=O)C(=O)O. The summed E-state index contributed by atoms with van der Waals surface area (Å²) in [6.45, 7) is 2.26. The molecule has 0 aliphatic rings. The molecule has 0 spiro atoms. The van der Waals surface area contributed by atoms with Crippen LogP contribution in [0.25, 0.3) is 0 Å². The summed E-state index contributed by atoms with van der Waals surface area (Å²) < 4.78 is 10.6. The highest BCUT2D eigenvalue weighted by molar-refractivity contribution is 7.90. The molecular weight excluding hydrogens is 406 g/mol. The van der Waals surface area contributed by atoms with E-state index in [1.807, 2.05) is 0 Å². The third-order valence-corrected chi connectivity index (χ3v) is 5.57. The van der Waals surface area contributed by atoms with E-state index < -0.39 is 29.2 Å². The molecule has 0 saturated carbocycles. The standard InChI is InChI=1S/C16H32O2.C6H11NO4S/c1-2-3-4-5-6-7-8-9-10-11-12-13-14-15-16(17)18;1-12(11)3-2-5(6(9)10)7-4-8/h2-15H2,1H3,(H,17,18);4-5H,2-3H2,1H3,(H,7,8)(H,9,10). The number of nitrogens with one attached hydrogen (secondary N) is 1. The molecule has 7 nitrogen and oxygen atoms in total. The van der Waals surface area contributed by atoms with Crippen molar-refractivity contribution in [1.82, 2.24) is 5.32 Å². The average Bonchev–Trinajstić information content (AvgIpc) is 2.68. The highest BCUT2D eigenvalue weighted by atomic mass is 32.2. The van der Waals surface area contributed by atoms with Crippen molar-refractivity contribution in [2.75, 3.05) is 12.0 Å². The predicted octanol–water partition coefficient (Wildman–Crippen LogP) is 4.51. The molecule has 0 aromatic rings. The number of aliphatic carboxylic acids is 2. The summed E-state index contributed by atoms with van der Waals surface area (Å²) in [6, 6.07) is -0.925. The van der Waals surface area contributed by atoms with Gasteiger partial charge < -0.3 is 20.1 Å². The number of carboxylic acids is 2. The lowest BCUT2D eigenvalue weighted by atomic mass is 10.0. The van der Waals surface area contributed by atoms with E-state index in [4.69, 9.17) is 10.2 Å². The lowest BCUT2D eigenvalue weighted by Crippen LogP contribution is -2.37. The highest BCUT2D eigenvalue weighted by Gasteiger charge is 2.17. The van der Waals surface area contributed by atoms with Crippen LogP contribution >= 0.6 is 0 Å². The molecule has 3 N–H and O–H groups in total. The zero-order valence-electron chi connectivity index (χ0n) is 18.9. The molecule has 30 heavy (non-hydrogen) atoms. The number of carbonyl (C=O) groups is 3. The largest absolute Gasteiger partial charge is 0.617 e. The molecule has 0 aromatic carbocycles. The molecule has 0 rings (SSSR count). The van der Waals surface area contributed by atoms with Crippen molar-refractivity contribution in [2.45, 2.75) is 109 Å². The molecule has 8 heteroatoms. The molecule has 0 radical (unpaired) electrons. The fourth-order valence-electron chi connectivity index (χ4n) is 2.94. The van der Waals surface area contributed by atoms with Crippen molar-refractivity contribution >= 4 is 29.5 Å². The van der Waals surface area contributed by atoms with Crippen LogP contribution < -0.4 is 5.32 Å². The van der Waals surface area contributed by atoms with E-state index in [0.29, 0.717) is 12.8 Å². The molecule has 0 aromatic heterocycles. The number of hydrogen-bond acceptors (Lipinski definition) is 4. The highest BCUT2D eigenvalue weighted by Crippen LogP contribution is 2.12. The molecule has 178 valence electrons. The van der Waals surface area contributed by atoms with E-state index in [0.717, 1.165) is 12.8 Å². The minimum absolute atomic E-state index is 0.192. The summed E-state index contributed by atoms with van der Waals surface area (Å²) in [7, 11) is 0. The van der Waals surface area contributed by atoms with E-state index in [1.54, 1.807) is 0 Å². The van der Waals surface area contributed by atoms with Gasteiger partial charge in [-0.2, -0.15) is 0 Å². The zero-order chi connectivity index (χ0) is 23.0. The maximum Gasteiger partial charge on any atom is 0.326 e. The molecule has 0 saturated heterocycles. The van der Waals surface area contributed by atoms with Gasteiger partial charge in [-0.15, -0.1) is 0 Å². The van der Waals surface area contributed by atoms with Gasteiger partial charge in [0.05, 0.1) is 6.26 Å². The van der Waals surface area contributed by atoms with Crippen molar-refractivity contribution in [3.8, 4) is 0 Å². The van der Waals surface area contributed by atoms with Crippen molar-refractivity contribution < 1.29 is 29.1 Å². The first-order chi connectivity index (χ1) is 14.3. The van der Waals surface area contributed by atoms with Crippen molar-refractivity contribution in [2.24, 2.45) is 0 Å². The average molecular weight is 450 g/mol. The van der Waals surface area contributed by atoms with Crippen LogP contribution in [0.2, 0.25) is 0 Å². The predicted molar refractivity (Wildman–Crippen MR) is 122 cm³/mol. The van der Waals surface area contributed by atoms with Gasteiger partial charge in [0, 0.05) is 12.8 Å². The number of amides is 1. The Morgan fingerprint density at radius 2 is 1.33 bits per heavy atom. The summed E-state index contributed by atoms with van der Waals surface area (Å²) in [6.07, 6.45) is 19.3. The summed E-state index contributed by atoms with van der Waals surface area (Å²) in [5, 5.41) is 19.1. The van der Waals surface area contributed by atoms with Crippen LogP contribution in [0.4, 0.5) is 0 Å². The molecule has 2 atom stereocenters. The first-order valence-electron chi connectivity index (χ1n) is 11.3. The maximum absolute atomic E-state index is 10.6. The normalized spacial score (nSPS) is 12.4. The molecule has 0 aliphatic heterocycles. The molecule has 0 fully saturated rings. The van der Waals surface area contributed by atoms with Gasteiger partial charge in [0.1, 0.15) is 11.8 Å². The minimum Gasteiger partial charge on any atom is -0.617 e. The van der Waals surface area contributed by atoms with Crippen molar-refractivity contribution in [3.05, 3.63) is 0 Å². The Balaban J connectivity index is 0. The van der Waals surface area contributed by atoms with Gasteiger partial charge in [0.2, 0.25) is 6.41 Å². The second kappa shape index (κ2) is 24.0. The van der Waals surface area contributed by atoms with Gasteiger partial charge in [-0.05, 0) is 6.42 Å². The third-order valence-electron chi connectivity index (χ3n) is 4.76. The van der Waals surface area contributed by atoms with E-state index >= 15 is 0 Å². The summed E-state index contributed by atoms with van der Waals surface area (Å²) in [5.41, 5.74) is 0. The first-order valence-corrected chi connectivity index (χ1v) is 13.0. The molecule has 0 aliphatic carbocycles. The lowest BCUT2D eigenvalue weighted by Gasteiger charge is -2.10. The van der Waals surface area contributed by atoms with Crippen LogP contribution in [0.5, 0.6) is 0 Å². The fourth-order valence-corrected chi connectivity index (χ4v) is 3.51. The van der Waals surface area contributed by atoms with Crippen LogP contribution in [-0.2, 0) is 25.6 Å². The Kier molecular flexibility index (Phi) is 24.7. The Morgan fingerprint density at radius 3 is 1.67 bits per heavy atom. The number of unbranched alkanes of at least 4 members (excludes halogenated alkanes) is 12. The Hall–Kier alpha value is -1.28. The van der Waals surface area contributed by atoms with E-state index in [-0.39, 0.29) is 12.2 Å². The van der Waals surface area contributed by atoms with Gasteiger partial charge in [0.25, 0.3) is 0 Å². The summed E-state index contributed by atoms with van der Waals surface area (Å²) in [4.78, 5) is 30.6. The Bertz CT molecular complexity index is 420. The van der Waals surface area contributed by atoms with Crippen molar-refractivity contribution in [3.63, 3.8) is 0 Å². The van der Waals surface area contributed by atoms with Gasteiger partial charge in [0.15, 0.2) is 0 Å². The molecular formula is C22H43NO6S. The molecule has 1 amide bonds. The van der Waals surface area contributed by atoms with E-state index in [2.05, 4.69) is 12.2 Å². The van der Waals surface area contributed by atoms with E-state index in [1.165, 1.54) is 76.9 Å². The van der Waals surface area contributed by atoms with Crippen LogP contribution in [0, 0.1) is 0 Å². The summed E-state index contributed by atoms with van der Waals surface area (Å²) >= 11 is -1.03. The third kappa shape index (κ3) is 26.7. The smallest absolute Gasteiger partial charge is 0.326 e.